The molecule has 1 saturated heterocycles. The summed E-state index contributed by atoms with van der Waals surface area (Å²) in [7, 11) is 0. The quantitative estimate of drug-likeness (QED) is 0.514. The molecule has 1 aliphatic heterocycles. The zero-order chi connectivity index (χ0) is 22.6. The number of cyclic esters (lactones) is 1. The van der Waals surface area contributed by atoms with Crippen molar-refractivity contribution >= 4 is 12.2 Å². The van der Waals surface area contributed by atoms with Gasteiger partial charge in [-0.3, -0.25) is 4.90 Å². The molecule has 0 spiro atoms. The second-order valence-corrected chi connectivity index (χ2v) is 6.96. The number of aromatic nitrogens is 4. The van der Waals surface area contributed by atoms with Crippen LogP contribution in [-0.4, -0.2) is 62.0 Å². The van der Waals surface area contributed by atoms with Crippen molar-refractivity contribution in [3.8, 4) is 11.6 Å². The molecular weight excluding hydrogens is 424 g/mol. The Balaban J connectivity index is 1.38. The molecule has 0 saturated carbocycles. The van der Waals surface area contributed by atoms with Crippen LogP contribution in [0.25, 0.3) is 17.7 Å². The van der Waals surface area contributed by atoms with Crippen LogP contribution in [-0.2, 0) is 10.7 Å². The van der Waals surface area contributed by atoms with Gasteiger partial charge in [0.2, 0.25) is 5.82 Å². The molecule has 32 heavy (non-hydrogen) atoms. The molecule has 2 atom stereocenters. The second kappa shape index (κ2) is 9.10. The van der Waals surface area contributed by atoms with Crippen LogP contribution in [0.1, 0.15) is 11.3 Å². The van der Waals surface area contributed by atoms with Crippen LogP contribution < -0.4 is 0 Å². The van der Waals surface area contributed by atoms with E-state index in [4.69, 9.17) is 9.15 Å². The molecule has 3 aromatic rings. The zero-order valence-corrected chi connectivity index (χ0v) is 16.6. The maximum absolute atomic E-state index is 14.4. The van der Waals surface area contributed by atoms with Gasteiger partial charge in [-0.15, -0.1) is 10.2 Å². The number of H-pyrrole nitrogens is 1. The highest BCUT2D eigenvalue weighted by Crippen LogP contribution is 2.32. The number of nitrogens with one attached hydrogen (secondary N) is 1. The molecule has 3 heterocycles. The molecule has 1 aliphatic rings. The fraction of sp³-hybridized carbons (Fsp3) is 0.238. The van der Waals surface area contributed by atoms with Crippen molar-refractivity contribution in [1.29, 1.82) is 0 Å². The average Bonchev–Trinajstić information content (AvgIpc) is 3.55. The highest BCUT2D eigenvalue weighted by Gasteiger charge is 2.39. The van der Waals surface area contributed by atoms with Crippen LogP contribution in [0.3, 0.4) is 0 Å². The molecule has 2 aromatic heterocycles. The summed E-state index contributed by atoms with van der Waals surface area (Å²) >= 11 is 0. The SMILES string of the molecule is O=C1OCC(C=CC(O)C(F)(F)c2ccccc2)N1C/C=C\c1ccc(-c2nn[nH]n2)o1. The number of halogens is 2. The van der Waals surface area contributed by atoms with Gasteiger partial charge in [-0.25, -0.2) is 4.79 Å². The first-order chi connectivity index (χ1) is 15.4. The van der Waals surface area contributed by atoms with E-state index in [0.29, 0.717) is 17.3 Å². The predicted octanol–water partition coefficient (Wildman–Crippen LogP) is 3.00. The van der Waals surface area contributed by atoms with E-state index in [-0.39, 0.29) is 18.7 Å². The normalized spacial score (nSPS) is 18.0. The third-order valence-corrected chi connectivity index (χ3v) is 4.83. The van der Waals surface area contributed by atoms with Crippen molar-refractivity contribution < 1.29 is 27.8 Å². The summed E-state index contributed by atoms with van der Waals surface area (Å²) < 4.78 is 39.5. The minimum absolute atomic E-state index is 0.00443. The molecule has 2 N–H and O–H groups in total. The topological polar surface area (TPSA) is 117 Å². The predicted molar refractivity (Wildman–Crippen MR) is 108 cm³/mol. The molecule has 9 nitrogen and oxygen atoms in total. The van der Waals surface area contributed by atoms with Gasteiger partial charge in [-0.2, -0.15) is 14.0 Å². The van der Waals surface area contributed by atoms with Crippen LogP contribution >= 0.6 is 0 Å². The van der Waals surface area contributed by atoms with Crippen LogP contribution in [0.4, 0.5) is 13.6 Å². The van der Waals surface area contributed by atoms with Gasteiger partial charge in [0, 0.05) is 12.1 Å². The highest BCUT2D eigenvalue weighted by atomic mass is 19.3. The van der Waals surface area contributed by atoms with E-state index in [0.717, 1.165) is 6.08 Å². The summed E-state index contributed by atoms with van der Waals surface area (Å²) in [4.78, 5) is 13.4. The number of aliphatic hydroxyl groups is 1. The lowest BCUT2D eigenvalue weighted by molar-refractivity contribution is -0.0929. The first-order valence-electron chi connectivity index (χ1n) is 9.68. The van der Waals surface area contributed by atoms with Crippen molar-refractivity contribution in [2.45, 2.75) is 18.1 Å². The van der Waals surface area contributed by atoms with E-state index >= 15 is 0 Å². The van der Waals surface area contributed by atoms with Crippen LogP contribution in [0.5, 0.6) is 0 Å². The van der Waals surface area contributed by atoms with Gasteiger partial charge in [0.1, 0.15) is 18.5 Å². The van der Waals surface area contributed by atoms with Gasteiger partial charge in [0.15, 0.2) is 5.76 Å². The Morgan fingerprint density at radius 1 is 1.28 bits per heavy atom. The van der Waals surface area contributed by atoms with E-state index in [1.165, 1.54) is 35.2 Å². The Kier molecular flexibility index (Phi) is 6.08. The monoisotopic (exact) mass is 443 g/mol. The number of alkyl halides is 2. The number of hydrogen-bond donors (Lipinski definition) is 2. The van der Waals surface area contributed by atoms with Gasteiger partial charge in [0.25, 0.3) is 0 Å². The number of aliphatic hydroxyl groups excluding tert-OH is 1. The number of ether oxygens (including phenoxy) is 1. The maximum Gasteiger partial charge on any atom is 0.410 e. The molecule has 11 heteroatoms. The summed E-state index contributed by atoms with van der Waals surface area (Å²) in [5.74, 6) is -2.24. The fourth-order valence-corrected chi connectivity index (χ4v) is 3.13. The van der Waals surface area contributed by atoms with Crippen molar-refractivity contribution in [1.82, 2.24) is 25.5 Å². The number of aromatic amines is 1. The van der Waals surface area contributed by atoms with Gasteiger partial charge < -0.3 is 14.3 Å². The Hall–Kier alpha value is -3.86. The average molecular weight is 443 g/mol. The number of amides is 1. The van der Waals surface area contributed by atoms with Crippen molar-refractivity contribution in [2.24, 2.45) is 0 Å². The summed E-state index contributed by atoms with van der Waals surface area (Å²) in [6.07, 6.45) is 3.02. The summed E-state index contributed by atoms with van der Waals surface area (Å²) in [5, 5.41) is 23.4. The number of carbonyl (C=O) groups is 1. The third-order valence-electron chi connectivity index (χ3n) is 4.83. The Labute approximate surface area is 181 Å². The molecule has 1 amide bonds. The highest BCUT2D eigenvalue weighted by molar-refractivity contribution is 5.71. The largest absolute Gasteiger partial charge is 0.453 e. The smallest absolute Gasteiger partial charge is 0.410 e. The molecule has 166 valence electrons. The molecule has 0 aliphatic carbocycles. The number of benzene rings is 1. The number of tetrazole rings is 1. The first-order valence-corrected chi connectivity index (χ1v) is 9.68. The molecule has 4 rings (SSSR count). The van der Waals surface area contributed by atoms with E-state index in [1.807, 2.05) is 0 Å². The number of rotatable bonds is 8. The Bertz CT molecular complexity index is 1100. The van der Waals surface area contributed by atoms with E-state index < -0.39 is 24.2 Å². The Morgan fingerprint density at radius 3 is 2.84 bits per heavy atom. The Morgan fingerprint density at radius 2 is 2.09 bits per heavy atom. The lowest BCUT2D eigenvalue weighted by Gasteiger charge is -2.21. The molecular formula is C21H19F2N5O4. The first kappa shape index (κ1) is 21.4. The molecule has 0 bridgehead atoms. The van der Waals surface area contributed by atoms with Gasteiger partial charge in [-0.1, -0.05) is 48.6 Å². The van der Waals surface area contributed by atoms with Gasteiger partial charge in [-0.05, 0) is 23.4 Å². The van der Waals surface area contributed by atoms with Crippen LogP contribution in [0, 0.1) is 0 Å². The summed E-state index contributed by atoms with van der Waals surface area (Å²) in [5.41, 5.74) is -0.297. The van der Waals surface area contributed by atoms with E-state index in [9.17, 15) is 18.7 Å². The minimum Gasteiger partial charge on any atom is -0.453 e. The van der Waals surface area contributed by atoms with Crippen molar-refractivity contribution in [3.05, 3.63) is 72.0 Å². The molecule has 2 unspecified atom stereocenters. The number of nitrogens with zero attached hydrogens (tertiary/aromatic N) is 4. The lowest BCUT2D eigenvalue weighted by Crippen LogP contribution is -2.33. The maximum atomic E-state index is 14.4. The molecule has 0 radical (unpaired) electrons. The number of hydrogen-bond acceptors (Lipinski definition) is 7. The second-order valence-electron chi connectivity index (χ2n) is 6.96. The van der Waals surface area contributed by atoms with Crippen molar-refractivity contribution in [2.75, 3.05) is 13.2 Å². The minimum atomic E-state index is -3.47. The summed E-state index contributed by atoms with van der Waals surface area (Å²) in [6.45, 7) is 0.146. The number of furan rings is 1. The summed E-state index contributed by atoms with van der Waals surface area (Å²) in [6, 6.07) is 9.83. The van der Waals surface area contributed by atoms with E-state index in [2.05, 4.69) is 20.6 Å². The lowest BCUT2D eigenvalue weighted by atomic mass is 10.0. The standard InChI is InChI=1S/C21H19F2N5O4/c22-21(23,14-5-2-1-3-6-14)18(29)11-8-15-13-31-20(30)28(15)12-4-7-16-9-10-17(32-16)19-24-26-27-25-19/h1-11,15,18,29H,12-13H2,(H,24,25,26,27)/b7-4-,11-8?. The third kappa shape index (κ3) is 4.57. The zero-order valence-electron chi connectivity index (χ0n) is 16.6. The molecule has 1 fully saturated rings. The van der Waals surface area contributed by atoms with Crippen molar-refractivity contribution in [3.63, 3.8) is 0 Å². The van der Waals surface area contributed by atoms with Gasteiger partial charge in [0.05, 0.1) is 6.04 Å². The van der Waals surface area contributed by atoms with Crippen LogP contribution in [0.2, 0.25) is 0 Å². The molecule has 1 aromatic carbocycles. The fourth-order valence-electron chi connectivity index (χ4n) is 3.13. The van der Waals surface area contributed by atoms with E-state index in [1.54, 1.807) is 30.4 Å². The van der Waals surface area contributed by atoms with Gasteiger partial charge >= 0.3 is 12.0 Å². The van der Waals surface area contributed by atoms with Crippen LogP contribution in [0.15, 0.2) is 65.1 Å². The number of carbonyl (C=O) groups excluding carboxylic acids is 1.